The maximum absolute atomic E-state index is 4.60. The Labute approximate surface area is 111 Å². The third kappa shape index (κ3) is 3.86. The van der Waals surface area contributed by atoms with Crippen LogP contribution in [0.5, 0.6) is 0 Å². The van der Waals surface area contributed by atoms with Gasteiger partial charge in [0.1, 0.15) is 11.6 Å². The van der Waals surface area contributed by atoms with Crippen molar-refractivity contribution in [1.29, 1.82) is 0 Å². The molecule has 0 aliphatic carbocycles. The maximum atomic E-state index is 4.60. The Balaban J connectivity index is 2.82. The van der Waals surface area contributed by atoms with Gasteiger partial charge in [0.15, 0.2) is 0 Å². The van der Waals surface area contributed by atoms with Crippen LogP contribution in [0.2, 0.25) is 0 Å². The third-order valence-corrected chi connectivity index (χ3v) is 3.37. The molecule has 0 aliphatic heterocycles. The van der Waals surface area contributed by atoms with Crippen LogP contribution in [0.1, 0.15) is 41.0 Å². The van der Waals surface area contributed by atoms with Crippen molar-refractivity contribution >= 4 is 11.6 Å². The molecule has 102 valence electrons. The van der Waals surface area contributed by atoms with Crippen LogP contribution in [0, 0.1) is 5.41 Å². The van der Waals surface area contributed by atoms with Gasteiger partial charge in [0, 0.05) is 19.6 Å². The zero-order valence-corrected chi connectivity index (χ0v) is 12.5. The summed E-state index contributed by atoms with van der Waals surface area (Å²) in [5.41, 5.74) is 0.212. The first-order chi connectivity index (χ1) is 8.36. The summed E-state index contributed by atoms with van der Waals surface area (Å²) in [7, 11) is 2.07. The molecule has 18 heavy (non-hydrogen) atoms. The molecule has 0 fully saturated rings. The molecular formula is C14H26N4. The Morgan fingerprint density at radius 1 is 1.33 bits per heavy atom. The van der Waals surface area contributed by atoms with Gasteiger partial charge in [-0.3, -0.25) is 4.98 Å². The first kappa shape index (κ1) is 14.7. The molecule has 1 aromatic heterocycles. The van der Waals surface area contributed by atoms with Gasteiger partial charge in [-0.15, -0.1) is 0 Å². The van der Waals surface area contributed by atoms with Crippen LogP contribution in [0.15, 0.2) is 12.4 Å². The van der Waals surface area contributed by atoms with Gasteiger partial charge in [-0.25, -0.2) is 4.98 Å². The second kappa shape index (κ2) is 6.03. The van der Waals surface area contributed by atoms with E-state index in [0.29, 0.717) is 6.04 Å². The van der Waals surface area contributed by atoms with E-state index < -0.39 is 0 Å². The Morgan fingerprint density at radius 2 is 2.00 bits per heavy atom. The van der Waals surface area contributed by atoms with Crippen molar-refractivity contribution in [1.82, 2.24) is 9.97 Å². The molecule has 0 saturated heterocycles. The predicted molar refractivity (Wildman–Crippen MR) is 78.1 cm³/mol. The minimum Gasteiger partial charge on any atom is -0.369 e. The van der Waals surface area contributed by atoms with E-state index >= 15 is 0 Å². The molecule has 0 amide bonds. The lowest BCUT2D eigenvalue weighted by Gasteiger charge is -2.36. The number of aromatic nitrogens is 2. The summed E-state index contributed by atoms with van der Waals surface area (Å²) in [5.74, 6) is 1.76. The summed E-state index contributed by atoms with van der Waals surface area (Å²) >= 11 is 0. The molecule has 1 aromatic rings. The summed E-state index contributed by atoms with van der Waals surface area (Å²) in [6.45, 7) is 12.0. The summed E-state index contributed by atoms with van der Waals surface area (Å²) in [4.78, 5) is 11.0. The Kier molecular flexibility index (Phi) is 4.93. The van der Waals surface area contributed by atoms with Crippen molar-refractivity contribution < 1.29 is 0 Å². The maximum Gasteiger partial charge on any atom is 0.149 e. The molecule has 0 aromatic carbocycles. The highest BCUT2D eigenvalue weighted by Gasteiger charge is 2.24. The van der Waals surface area contributed by atoms with E-state index in [2.05, 4.69) is 61.9 Å². The van der Waals surface area contributed by atoms with Crippen LogP contribution >= 0.6 is 0 Å². The fraction of sp³-hybridized carbons (Fsp3) is 0.714. The van der Waals surface area contributed by atoms with Crippen molar-refractivity contribution in [3.05, 3.63) is 12.4 Å². The van der Waals surface area contributed by atoms with Crippen LogP contribution in [0.25, 0.3) is 0 Å². The van der Waals surface area contributed by atoms with Crippen molar-refractivity contribution in [2.24, 2.45) is 5.41 Å². The van der Waals surface area contributed by atoms with Crippen molar-refractivity contribution in [3.8, 4) is 0 Å². The molecule has 1 atom stereocenters. The topological polar surface area (TPSA) is 41.1 Å². The van der Waals surface area contributed by atoms with Crippen LogP contribution in [0.4, 0.5) is 11.6 Å². The SMILES string of the molecule is CCCNc1cncc(N(C)C(C)C(C)(C)C)n1. The average molecular weight is 250 g/mol. The highest BCUT2D eigenvalue weighted by atomic mass is 15.2. The summed E-state index contributed by atoms with van der Waals surface area (Å²) < 4.78 is 0. The van der Waals surface area contributed by atoms with Gasteiger partial charge in [0.2, 0.25) is 0 Å². The van der Waals surface area contributed by atoms with Gasteiger partial charge in [-0.05, 0) is 18.8 Å². The summed E-state index contributed by atoms with van der Waals surface area (Å²) in [6.07, 6.45) is 4.67. The summed E-state index contributed by atoms with van der Waals surface area (Å²) in [5, 5.41) is 3.27. The van der Waals surface area contributed by atoms with Crippen molar-refractivity contribution in [3.63, 3.8) is 0 Å². The molecule has 0 saturated carbocycles. The Morgan fingerprint density at radius 3 is 2.56 bits per heavy atom. The van der Waals surface area contributed by atoms with Gasteiger partial charge in [-0.2, -0.15) is 0 Å². The highest BCUT2D eigenvalue weighted by molar-refractivity contribution is 5.44. The fourth-order valence-corrected chi connectivity index (χ4v) is 1.64. The van der Waals surface area contributed by atoms with E-state index in [9.17, 15) is 0 Å². The van der Waals surface area contributed by atoms with E-state index in [1.54, 1.807) is 6.20 Å². The highest BCUT2D eigenvalue weighted by Crippen LogP contribution is 2.26. The van der Waals surface area contributed by atoms with Gasteiger partial charge in [0.25, 0.3) is 0 Å². The molecule has 1 rings (SSSR count). The van der Waals surface area contributed by atoms with Crippen molar-refractivity contribution in [2.45, 2.75) is 47.1 Å². The second-order valence-corrected chi connectivity index (χ2v) is 5.84. The van der Waals surface area contributed by atoms with Crippen LogP contribution < -0.4 is 10.2 Å². The molecule has 4 nitrogen and oxygen atoms in total. The largest absolute Gasteiger partial charge is 0.369 e. The fourth-order valence-electron chi connectivity index (χ4n) is 1.64. The molecule has 0 bridgehead atoms. The number of nitrogens with one attached hydrogen (secondary N) is 1. The predicted octanol–water partition coefficient (Wildman–Crippen LogP) is 3.17. The zero-order chi connectivity index (χ0) is 13.8. The monoisotopic (exact) mass is 250 g/mol. The number of anilines is 2. The molecule has 1 heterocycles. The van der Waals surface area contributed by atoms with Gasteiger partial charge >= 0.3 is 0 Å². The van der Waals surface area contributed by atoms with Gasteiger partial charge < -0.3 is 10.2 Å². The smallest absolute Gasteiger partial charge is 0.149 e. The Bertz CT molecular complexity index is 370. The van der Waals surface area contributed by atoms with Gasteiger partial charge in [0.05, 0.1) is 12.4 Å². The quantitative estimate of drug-likeness (QED) is 0.871. The lowest BCUT2D eigenvalue weighted by atomic mass is 9.87. The number of hydrogen-bond donors (Lipinski definition) is 1. The first-order valence-electron chi connectivity index (χ1n) is 6.65. The first-order valence-corrected chi connectivity index (χ1v) is 6.65. The van der Waals surface area contributed by atoms with Gasteiger partial charge in [-0.1, -0.05) is 27.7 Å². The Hall–Kier alpha value is -1.32. The number of hydrogen-bond acceptors (Lipinski definition) is 4. The minimum absolute atomic E-state index is 0.212. The number of rotatable bonds is 5. The van der Waals surface area contributed by atoms with Crippen LogP contribution in [0.3, 0.4) is 0 Å². The molecule has 0 radical (unpaired) electrons. The van der Waals surface area contributed by atoms with E-state index in [0.717, 1.165) is 24.6 Å². The molecule has 1 unspecified atom stereocenters. The molecular weight excluding hydrogens is 224 g/mol. The van der Waals surface area contributed by atoms with E-state index in [1.807, 2.05) is 6.20 Å². The average Bonchev–Trinajstić information content (AvgIpc) is 2.33. The van der Waals surface area contributed by atoms with Crippen LogP contribution in [-0.2, 0) is 0 Å². The second-order valence-electron chi connectivity index (χ2n) is 5.84. The zero-order valence-electron chi connectivity index (χ0n) is 12.5. The lowest BCUT2D eigenvalue weighted by molar-refractivity contribution is 0.328. The lowest BCUT2D eigenvalue weighted by Crippen LogP contribution is -2.39. The van der Waals surface area contributed by atoms with Crippen molar-refractivity contribution in [2.75, 3.05) is 23.8 Å². The normalized spacial score (nSPS) is 13.2. The van der Waals surface area contributed by atoms with Crippen LogP contribution in [-0.4, -0.2) is 29.6 Å². The minimum atomic E-state index is 0.212. The van der Waals surface area contributed by atoms with E-state index in [1.165, 1.54) is 0 Å². The van der Waals surface area contributed by atoms with E-state index in [4.69, 9.17) is 0 Å². The van der Waals surface area contributed by atoms with E-state index in [-0.39, 0.29) is 5.41 Å². The molecule has 0 aliphatic rings. The summed E-state index contributed by atoms with van der Waals surface area (Å²) in [6, 6.07) is 0.397. The standard InChI is InChI=1S/C14H26N4/c1-7-8-16-12-9-15-10-13(17-12)18(6)11(2)14(3,4)5/h9-11H,7-8H2,1-6H3,(H,16,17). The molecule has 1 N–H and O–H groups in total. The molecule has 0 spiro atoms. The number of nitrogens with zero attached hydrogens (tertiary/aromatic N) is 3. The molecule has 4 heteroatoms. The third-order valence-electron chi connectivity index (χ3n) is 3.37.